The summed E-state index contributed by atoms with van der Waals surface area (Å²) in [5.74, 6) is 0.448. The van der Waals surface area contributed by atoms with Gasteiger partial charge in [-0.15, -0.1) is 11.8 Å². The van der Waals surface area contributed by atoms with Gasteiger partial charge >= 0.3 is 0 Å². The number of halogens is 1. The smallest absolute Gasteiger partial charge is 0.0864 e. The van der Waals surface area contributed by atoms with Gasteiger partial charge in [-0.3, -0.25) is 0 Å². The molecule has 0 radical (unpaired) electrons. The molecule has 1 aromatic carbocycles. The second-order valence-corrected chi connectivity index (χ2v) is 5.43. The zero-order valence-electron chi connectivity index (χ0n) is 8.93. The molecule has 2 atom stereocenters. The second-order valence-electron chi connectivity index (χ2n) is 3.51. The SMILES string of the molecule is CC(O)c1ccc(SCC(O)CO)c(Br)c1. The molecule has 16 heavy (non-hydrogen) atoms. The summed E-state index contributed by atoms with van der Waals surface area (Å²) in [6.45, 7) is 1.49. The molecular formula is C11H15BrO3S. The Kier molecular flexibility index (Phi) is 5.78. The monoisotopic (exact) mass is 306 g/mol. The number of hydrogen-bond donors (Lipinski definition) is 3. The van der Waals surface area contributed by atoms with Crippen LogP contribution in [0.3, 0.4) is 0 Å². The Bertz CT molecular complexity index is 344. The summed E-state index contributed by atoms with van der Waals surface area (Å²) >= 11 is 4.87. The summed E-state index contributed by atoms with van der Waals surface area (Å²) in [7, 11) is 0. The van der Waals surface area contributed by atoms with E-state index < -0.39 is 12.2 Å². The maximum absolute atomic E-state index is 9.39. The summed E-state index contributed by atoms with van der Waals surface area (Å²) in [5.41, 5.74) is 0.846. The molecule has 0 aliphatic rings. The first kappa shape index (κ1) is 14.0. The number of aliphatic hydroxyl groups excluding tert-OH is 3. The van der Waals surface area contributed by atoms with E-state index >= 15 is 0 Å². The zero-order chi connectivity index (χ0) is 12.1. The first-order valence-electron chi connectivity index (χ1n) is 4.93. The van der Waals surface area contributed by atoms with E-state index in [1.807, 2.05) is 18.2 Å². The lowest BCUT2D eigenvalue weighted by atomic mass is 10.1. The Labute approximate surface area is 108 Å². The Morgan fingerprint density at radius 2 is 2.06 bits per heavy atom. The van der Waals surface area contributed by atoms with E-state index in [1.165, 1.54) is 11.8 Å². The highest BCUT2D eigenvalue weighted by atomic mass is 79.9. The lowest BCUT2D eigenvalue weighted by Gasteiger charge is -2.10. The molecule has 0 aliphatic carbocycles. The number of rotatable bonds is 5. The molecule has 0 spiro atoms. The van der Waals surface area contributed by atoms with Crippen LogP contribution in [0, 0.1) is 0 Å². The molecule has 1 rings (SSSR count). The summed E-state index contributed by atoms with van der Waals surface area (Å²) in [5, 5.41) is 27.3. The largest absolute Gasteiger partial charge is 0.394 e. The molecule has 0 heterocycles. The third kappa shape index (κ3) is 4.07. The molecule has 3 N–H and O–H groups in total. The molecule has 5 heteroatoms. The highest BCUT2D eigenvalue weighted by Crippen LogP contribution is 2.30. The van der Waals surface area contributed by atoms with Crippen LogP contribution < -0.4 is 0 Å². The van der Waals surface area contributed by atoms with E-state index in [0.29, 0.717) is 5.75 Å². The highest BCUT2D eigenvalue weighted by Gasteiger charge is 2.08. The number of aliphatic hydroxyl groups is 3. The van der Waals surface area contributed by atoms with Gasteiger partial charge in [0, 0.05) is 15.1 Å². The van der Waals surface area contributed by atoms with Crippen molar-refractivity contribution >= 4 is 27.7 Å². The zero-order valence-corrected chi connectivity index (χ0v) is 11.3. The van der Waals surface area contributed by atoms with E-state index in [-0.39, 0.29) is 6.61 Å². The van der Waals surface area contributed by atoms with E-state index in [2.05, 4.69) is 15.9 Å². The lowest BCUT2D eigenvalue weighted by molar-refractivity contribution is 0.113. The van der Waals surface area contributed by atoms with Crippen molar-refractivity contribution in [2.45, 2.75) is 24.0 Å². The Morgan fingerprint density at radius 3 is 2.56 bits per heavy atom. The highest BCUT2D eigenvalue weighted by molar-refractivity contribution is 9.10. The molecule has 0 amide bonds. The number of hydrogen-bond acceptors (Lipinski definition) is 4. The van der Waals surface area contributed by atoms with Crippen molar-refractivity contribution in [1.82, 2.24) is 0 Å². The van der Waals surface area contributed by atoms with Gasteiger partial charge in [-0.2, -0.15) is 0 Å². The minimum atomic E-state index is -0.701. The Morgan fingerprint density at radius 1 is 1.38 bits per heavy atom. The van der Waals surface area contributed by atoms with Crippen LogP contribution in [-0.2, 0) is 0 Å². The Balaban J connectivity index is 2.68. The third-order valence-corrected chi connectivity index (χ3v) is 4.22. The van der Waals surface area contributed by atoms with Gasteiger partial charge in [0.15, 0.2) is 0 Å². The van der Waals surface area contributed by atoms with Gasteiger partial charge in [0.1, 0.15) is 0 Å². The van der Waals surface area contributed by atoms with Crippen LogP contribution in [0.5, 0.6) is 0 Å². The average molecular weight is 307 g/mol. The fourth-order valence-electron chi connectivity index (χ4n) is 1.13. The van der Waals surface area contributed by atoms with Gasteiger partial charge in [0.25, 0.3) is 0 Å². The standard InChI is InChI=1S/C11H15BrO3S/c1-7(14)8-2-3-11(10(12)4-8)16-6-9(15)5-13/h2-4,7,9,13-15H,5-6H2,1H3. The molecule has 0 fully saturated rings. The topological polar surface area (TPSA) is 60.7 Å². The normalized spacial score (nSPS) is 14.8. The van der Waals surface area contributed by atoms with Crippen LogP contribution in [0.25, 0.3) is 0 Å². The predicted octanol–water partition coefficient (Wildman–Crippen LogP) is 1.95. The van der Waals surface area contributed by atoms with Crippen LogP contribution in [-0.4, -0.2) is 33.8 Å². The van der Waals surface area contributed by atoms with E-state index in [4.69, 9.17) is 5.11 Å². The van der Waals surface area contributed by atoms with Crippen molar-refractivity contribution in [3.63, 3.8) is 0 Å². The number of thioether (sulfide) groups is 1. The molecule has 1 aromatic rings. The molecule has 0 aliphatic heterocycles. The Hall–Kier alpha value is -0.0700. The van der Waals surface area contributed by atoms with Crippen molar-refractivity contribution < 1.29 is 15.3 Å². The minimum absolute atomic E-state index is 0.226. The second kappa shape index (κ2) is 6.61. The molecule has 0 saturated heterocycles. The van der Waals surface area contributed by atoms with Gasteiger partial charge in [0.05, 0.1) is 18.8 Å². The van der Waals surface area contributed by atoms with Crippen LogP contribution in [0.15, 0.2) is 27.6 Å². The van der Waals surface area contributed by atoms with E-state index in [1.54, 1.807) is 6.92 Å². The molecule has 2 unspecified atom stereocenters. The molecular weight excluding hydrogens is 292 g/mol. The van der Waals surface area contributed by atoms with Gasteiger partial charge in [-0.25, -0.2) is 0 Å². The molecule has 0 aromatic heterocycles. The van der Waals surface area contributed by atoms with E-state index in [9.17, 15) is 10.2 Å². The first-order chi connectivity index (χ1) is 7.54. The molecule has 0 saturated carbocycles. The summed E-state index contributed by atoms with van der Waals surface area (Å²) in [6.07, 6.45) is -1.19. The summed E-state index contributed by atoms with van der Waals surface area (Å²) in [4.78, 5) is 0.983. The van der Waals surface area contributed by atoms with Crippen molar-refractivity contribution in [3.8, 4) is 0 Å². The van der Waals surface area contributed by atoms with Crippen LogP contribution in [0.1, 0.15) is 18.6 Å². The van der Waals surface area contributed by atoms with Crippen molar-refractivity contribution in [3.05, 3.63) is 28.2 Å². The van der Waals surface area contributed by atoms with Crippen LogP contribution in [0.4, 0.5) is 0 Å². The fourth-order valence-corrected chi connectivity index (χ4v) is 2.71. The summed E-state index contributed by atoms with van der Waals surface area (Å²) < 4.78 is 0.890. The fraction of sp³-hybridized carbons (Fsp3) is 0.455. The van der Waals surface area contributed by atoms with Gasteiger partial charge in [-0.05, 0) is 40.5 Å². The van der Waals surface area contributed by atoms with Gasteiger partial charge < -0.3 is 15.3 Å². The molecule has 0 bridgehead atoms. The van der Waals surface area contributed by atoms with Crippen molar-refractivity contribution in [1.29, 1.82) is 0 Å². The van der Waals surface area contributed by atoms with Gasteiger partial charge in [-0.1, -0.05) is 6.07 Å². The lowest BCUT2D eigenvalue weighted by Crippen LogP contribution is -2.14. The maximum Gasteiger partial charge on any atom is 0.0864 e. The quantitative estimate of drug-likeness (QED) is 0.728. The van der Waals surface area contributed by atoms with Crippen LogP contribution in [0.2, 0.25) is 0 Å². The third-order valence-electron chi connectivity index (χ3n) is 2.08. The van der Waals surface area contributed by atoms with Crippen molar-refractivity contribution in [2.75, 3.05) is 12.4 Å². The van der Waals surface area contributed by atoms with E-state index in [0.717, 1.165) is 14.9 Å². The predicted molar refractivity (Wildman–Crippen MR) is 68.6 cm³/mol. The van der Waals surface area contributed by atoms with Gasteiger partial charge in [0.2, 0.25) is 0 Å². The average Bonchev–Trinajstić information content (AvgIpc) is 2.26. The molecule has 3 nitrogen and oxygen atoms in total. The summed E-state index contributed by atoms with van der Waals surface area (Å²) in [6, 6.07) is 5.60. The van der Waals surface area contributed by atoms with Crippen LogP contribution >= 0.6 is 27.7 Å². The first-order valence-corrected chi connectivity index (χ1v) is 6.71. The van der Waals surface area contributed by atoms with Crippen molar-refractivity contribution in [2.24, 2.45) is 0 Å². The minimum Gasteiger partial charge on any atom is -0.394 e. The number of benzene rings is 1. The molecule has 90 valence electrons. The maximum atomic E-state index is 9.39.